The highest BCUT2D eigenvalue weighted by Crippen LogP contribution is 2.21. The number of carbonyl (C=O) groups excluding carboxylic acids is 1. The second kappa shape index (κ2) is 8.83. The molecular weight excluding hydrogens is 399 g/mol. The van der Waals surface area contributed by atoms with Gasteiger partial charge in [-0.05, 0) is 73.4 Å². The smallest absolute Gasteiger partial charge is 0.272 e. The summed E-state index contributed by atoms with van der Waals surface area (Å²) in [7, 11) is 1.77. The number of piperidine rings is 1. The number of hydrogen-bond acceptors (Lipinski definition) is 3. The van der Waals surface area contributed by atoms with Crippen molar-refractivity contribution < 1.29 is 9.18 Å². The van der Waals surface area contributed by atoms with E-state index in [9.17, 15) is 9.18 Å². The van der Waals surface area contributed by atoms with Crippen molar-refractivity contribution in [2.75, 3.05) is 25.0 Å². The van der Waals surface area contributed by atoms with E-state index < -0.39 is 0 Å². The van der Waals surface area contributed by atoms with Gasteiger partial charge in [0.25, 0.3) is 5.91 Å². The quantitative estimate of drug-likeness (QED) is 0.590. The molecule has 0 spiro atoms. The summed E-state index contributed by atoms with van der Waals surface area (Å²) in [5, 5.41) is 0. The Morgan fingerprint density at radius 3 is 2.33 bits per heavy atom. The summed E-state index contributed by atoms with van der Waals surface area (Å²) in [4.78, 5) is 20.1. The normalized spacial score (nSPS) is 14.0. The minimum absolute atomic E-state index is 0.160. The van der Waals surface area contributed by atoms with Crippen LogP contribution in [-0.2, 0) is 6.54 Å². The van der Waals surface area contributed by atoms with Gasteiger partial charge in [-0.15, -0.1) is 0 Å². The molecule has 1 N–H and O–H groups in total. The van der Waals surface area contributed by atoms with Gasteiger partial charge in [-0.25, -0.2) is 4.39 Å². The summed E-state index contributed by atoms with van der Waals surface area (Å²) in [5.41, 5.74) is 3.36. The first kappa shape index (κ1) is 20.3. The number of aromatic amines is 1. The Bertz CT molecular complexity index is 1070. The lowest BCUT2D eigenvalue weighted by Gasteiger charge is -2.29. The highest BCUT2D eigenvalue weighted by atomic mass is 32.1. The third-order valence-corrected chi connectivity index (χ3v) is 5.80. The molecule has 1 saturated heterocycles. The molecule has 2 heterocycles. The first-order valence-corrected chi connectivity index (χ1v) is 10.6. The number of anilines is 1. The molecule has 1 amide bonds. The van der Waals surface area contributed by atoms with Gasteiger partial charge in [-0.2, -0.15) is 0 Å². The van der Waals surface area contributed by atoms with E-state index >= 15 is 0 Å². The molecule has 7 heteroatoms. The van der Waals surface area contributed by atoms with Crippen LogP contribution in [0.3, 0.4) is 0 Å². The van der Waals surface area contributed by atoms with Crippen LogP contribution in [0, 0.1) is 10.6 Å². The number of nitrogens with one attached hydrogen (secondary N) is 1. The first-order valence-electron chi connectivity index (χ1n) is 10.2. The molecule has 1 aromatic heterocycles. The van der Waals surface area contributed by atoms with Crippen LogP contribution in [0.15, 0.2) is 54.7 Å². The molecule has 0 atom stereocenters. The van der Waals surface area contributed by atoms with Crippen molar-refractivity contribution in [1.29, 1.82) is 0 Å². The monoisotopic (exact) mass is 424 g/mol. The molecule has 0 aliphatic carbocycles. The van der Waals surface area contributed by atoms with E-state index in [1.807, 2.05) is 0 Å². The minimum atomic E-state index is -0.334. The van der Waals surface area contributed by atoms with Crippen molar-refractivity contribution in [3.63, 3.8) is 0 Å². The van der Waals surface area contributed by atoms with Crippen LogP contribution < -0.4 is 4.90 Å². The fourth-order valence-corrected chi connectivity index (χ4v) is 4.14. The van der Waals surface area contributed by atoms with Crippen LogP contribution >= 0.6 is 12.2 Å². The molecule has 1 fully saturated rings. The van der Waals surface area contributed by atoms with Gasteiger partial charge in [-0.3, -0.25) is 9.36 Å². The molecular formula is C23H25FN4OS. The van der Waals surface area contributed by atoms with Crippen molar-refractivity contribution in [2.45, 2.75) is 25.8 Å². The number of amides is 1. The van der Waals surface area contributed by atoms with E-state index in [1.165, 1.54) is 37.1 Å². The van der Waals surface area contributed by atoms with Gasteiger partial charge in [0.2, 0.25) is 0 Å². The van der Waals surface area contributed by atoms with E-state index in [-0.39, 0.29) is 11.7 Å². The number of nitrogens with zero attached hydrogens (tertiary/aromatic N) is 3. The van der Waals surface area contributed by atoms with Gasteiger partial charge in [0.15, 0.2) is 4.77 Å². The average molecular weight is 425 g/mol. The first-order chi connectivity index (χ1) is 14.5. The van der Waals surface area contributed by atoms with Crippen molar-refractivity contribution >= 4 is 23.8 Å². The molecule has 0 saturated carbocycles. The zero-order chi connectivity index (χ0) is 21.1. The predicted molar refractivity (Wildman–Crippen MR) is 119 cm³/mol. The van der Waals surface area contributed by atoms with Crippen molar-refractivity contribution in [2.24, 2.45) is 0 Å². The Hall–Kier alpha value is -2.93. The van der Waals surface area contributed by atoms with Crippen molar-refractivity contribution in [1.82, 2.24) is 14.5 Å². The van der Waals surface area contributed by atoms with Gasteiger partial charge < -0.3 is 14.8 Å². The Labute approximate surface area is 180 Å². The molecule has 0 radical (unpaired) electrons. The van der Waals surface area contributed by atoms with Gasteiger partial charge in [-0.1, -0.05) is 12.1 Å². The Kier molecular flexibility index (Phi) is 5.99. The number of benzene rings is 2. The van der Waals surface area contributed by atoms with Crippen LogP contribution in [0.4, 0.5) is 10.1 Å². The molecule has 5 nitrogen and oxygen atoms in total. The third kappa shape index (κ3) is 4.31. The van der Waals surface area contributed by atoms with Crippen LogP contribution in [0.1, 0.15) is 35.3 Å². The summed E-state index contributed by atoms with van der Waals surface area (Å²) in [6.45, 7) is 2.70. The van der Waals surface area contributed by atoms with Crippen LogP contribution in [-0.4, -0.2) is 40.5 Å². The highest BCUT2D eigenvalue weighted by molar-refractivity contribution is 7.71. The fraction of sp³-hybridized carbons (Fsp3) is 0.304. The largest absolute Gasteiger partial charge is 0.372 e. The van der Waals surface area contributed by atoms with Gasteiger partial charge >= 0.3 is 0 Å². The maximum absolute atomic E-state index is 13.3. The van der Waals surface area contributed by atoms with Crippen LogP contribution in [0.25, 0.3) is 5.69 Å². The standard InChI is InChI=1S/C23H25FN4OS/c1-26(16-17-5-9-19(10-6-17)27-13-3-2-4-14-27)22(29)21-15-25-23(30)28(21)20-11-7-18(24)8-12-20/h5-12,15H,2-4,13-14,16H2,1H3,(H,25,30). The lowest BCUT2D eigenvalue weighted by Crippen LogP contribution is -2.29. The average Bonchev–Trinajstić information content (AvgIpc) is 3.16. The van der Waals surface area contributed by atoms with E-state index in [0.29, 0.717) is 22.7 Å². The molecule has 4 rings (SSSR count). The molecule has 0 bridgehead atoms. The zero-order valence-corrected chi connectivity index (χ0v) is 17.8. The van der Waals surface area contributed by atoms with Crippen molar-refractivity contribution in [3.8, 4) is 5.69 Å². The maximum atomic E-state index is 13.3. The summed E-state index contributed by atoms with van der Waals surface area (Å²) in [6.07, 6.45) is 5.40. The number of rotatable bonds is 5. The van der Waals surface area contributed by atoms with Crippen LogP contribution in [0.5, 0.6) is 0 Å². The summed E-state index contributed by atoms with van der Waals surface area (Å²) in [6, 6.07) is 14.3. The molecule has 3 aromatic rings. The van der Waals surface area contributed by atoms with Crippen molar-refractivity contribution in [3.05, 3.63) is 76.6 Å². The molecule has 30 heavy (non-hydrogen) atoms. The number of imidazole rings is 1. The van der Waals surface area contributed by atoms with E-state index in [4.69, 9.17) is 12.2 Å². The van der Waals surface area contributed by atoms with Crippen LogP contribution in [0.2, 0.25) is 0 Å². The minimum Gasteiger partial charge on any atom is -0.372 e. The Morgan fingerprint density at radius 1 is 1.03 bits per heavy atom. The zero-order valence-electron chi connectivity index (χ0n) is 17.0. The number of aromatic nitrogens is 2. The van der Waals surface area contributed by atoms with Gasteiger partial charge in [0.05, 0.1) is 0 Å². The number of H-pyrrole nitrogens is 1. The van der Waals surface area contributed by atoms with E-state index in [0.717, 1.165) is 18.7 Å². The maximum Gasteiger partial charge on any atom is 0.272 e. The lowest BCUT2D eigenvalue weighted by molar-refractivity contribution is 0.0777. The number of carbonyl (C=O) groups is 1. The van der Waals surface area contributed by atoms with E-state index in [2.05, 4.69) is 34.1 Å². The molecule has 156 valence electrons. The number of hydrogen-bond donors (Lipinski definition) is 1. The number of halogens is 1. The second-order valence-corrected chi connectivity index (χ2v) is 8.05. The molecule has 1 aliphatic rings. The Morgan fingerprint density at radius 2 is 1.67 bits per heavy atom. The predicted octanol–water partition coefficient (Wildman–Crippen LogP) is 4.94. The Balaban J connectivity index is 1.49. The molecule has 0 unspecified atom stereocenters. The van der Waals surface area contributed by atoms with E-state index in [1.54, 1.807) is 34.8 Å². The molecule has 1 aliphatic heterocycles. The van der Waals surface area contributed by atoms with Gasteiger partial charge in [0.1, 0.15) is 11.5 Å². The summed E-state index contributed by atoms with van der Waals surface area (Å²) < 4.78 is 15.3. The SMILES string of the molecule is CN(Cc1ccc(N2CCCCC2)cc1)C(=O)c1c[nH]c(=S)n1-c1ccc(F)cc1. The topological polar surface area (TPSA) is 44.3 Å². The summed E-state index contributed by atoms with van der Waals surface area (Å²) >= 11 is 5.34. The fourth-order valence-electron chi connectivity index (χ4n) is 3.88. The third-order valence-electron chi connectivity index (χ3n) is 5.50. The molecule has 2 aromatic carbocycles. The second-order valence-electron chi connectivity index (χ2n) is 7.67. The highest BCUT2D eigenvalue weighted by Gasteiger charge is 2.19. The lowest BCUT2D eigenvalue weighted by atomic mass is 10.1. The van der Waals surface area contributed by atoms with Gasteiger partial charge in [0, 0.05) is 44.3 Å². The summed E-state index contributed by atoms with van der Waals surface area (Å²) in [5.74, 6) is -0.495.